The standard InChI is InChI=1S/C12H24O2/c1-6-7-9(2)11-10(3)8-13-12(4,5)14-11/h9-11H,6-8H2,1-5H3/t9-,10-,11+/m0/s1. The highest BCUT2D eigenvalue weighted by Gasteiger charge is 2.36. The van der Waals surface area contributed by atoms with Gasteiger partial charge in [-0.3, -0.25) is 0 Å². The fraction of sp³-hybridized carbons (Fsp3) is 1.00. The summed E-state index contributed by atoms with van der Waals surface area (Å²) >= 11 is 0. The molecule has 1 fully saturated rings. The Morgan fingerprint density at radius 2 is 2.07 bits per heavy atom. The maximum absolute atomic E-state index is 5.98. The maximum Gasteiger partial charge on any atom is 0.163 e. The van der Waals surface area contributed by atoms with Crippen LogP contribution in [0.25, 0.3) is 0 Å². The zero-order valence-corrected chi connectivity index (χ0v) is 10.2. The minimum Gasteiger partial charge on any atom is -0.350 e. The van der Waals surface area contributed by atoms with Crippen molar-refractivity contribution in [2.45, 2.75) is 59.4 Å². The average molecular weight is 200 g/mol. The van der Waals surface area contributed by atoms with Crippen LogP contribution in [0.15, 0.2) is 0 Å². The van der Waals surface area contributed by atoms with E-state index in [1.807, 2.05) is 13.8 Å². The zero-order chi connectivity index (χ0) is 10.8. The van der Waals surface area contributed by atoms with Gasteiger partial charge in [-0.1, -0.05) is 27.2 Å². The Labute approximate surface area is 88.0 Å². The molecule has 0 spiro atoms. The molecule has 0 aromatic rings. The Bertz CT molecular complexity index is 177. The van der Waals surface area contributed by atoms with Gasteiger partial charge >= 0.3 is 0 Å². The third-order valence-electron chi connectivity index (χ3n) is 2.98. The third kappa shape index (κ3) is 2.96. The van der Waals surface area contributed by atoms with E-state index in [0.717, 1.165) is 6.61 Å². The fourth-order valence-corrected chi connectivity index (χ4v) is 2.20. The molecule has 0 aromatic carbocycles. The van der Waals surface area contributed by atoms with Crippen molar-refractivity contribution in [3.63, 3.8) is 0 Å². The van der Waals surface area contributed by atoms with Gasteiger partial charge in [0.1, 0.15) is 0 Å². The van der Waals surface area contributed by atoms with Crippen molar-refractivity contribution in [3.05, 3.63) is 0 Å². The van der Waals surface area contributed by atoms with Gasteiger partial charge in [0.2, 0.25) is 0 Å². The molecule has 1 heterocycles. The second kappa shape index (κ2) is 4.63. The Kier molecular flexibility index (Phi) is 3.96. The molecule has 0 aromatic heterocycles. The van der Waals surface area contributed by atoms with Crippen LogP contribution >= 0.6 is 0 Å². The van der Waals surface area contributed by atoms with Gasteiger partial charge in [0, 0.05) is 5.92 Å². The fourth-order valence-electron chi connectivity index (χ4n) is 2.20. The summed E-state index contributed by atoms with van der Waals surface area (Å²) < 4.78 is 11.6. The molecule has 3 atom stereocenters. The Balaban J connectivity index is 2.56. The van der Waals surface area contributed by atoms with Gasteiger partial charge in [-0.25, -0.2) is 0 Å². The summed E-state index contributed by atoms with van der Waals surface area (Å²) in [6.07, 6.45) is 2.83. The number of ether oxygens (including phenoxy) is 2. The summed E-state index contributed by atoms with van der Waals surface area (Å²) in [6.45, 7) is 11.6. The van der Waals surface area contributed by atoms with Crippen LogP contribution in [0, 0.1) is 11.8 Å². The molecule has 0 unspecified atom stereocenters. The molecule has 1 aliphatic rings. The summed E-state index contributed by atoms with van der Waals surface area (Å²) in [5.41, 5.74) is 0. The lowest BCUT2D eigenvalue weighted by molar-refractivity contribution is -0.299. The van der Waals surface area contributed by atoms with Gasteiger partial charge in [-0.05, 0) is 26.2 Å². The quantitative estimate of drug-likeness (QED) is 0.696. The molecule has 0 N–H and O–H groups in total. The monoisotopic (exact) mass is 200 g/mol. The second-order valence-electron chi connectivity index (χ2n) is 5.04. The predicted molar refractivity (Wildman–Crippen MR) is 58.1 cm³/mol. The van der Waals surface area contributed by atoms with Crippen molar-refractivity contribution in [2.75, 3.05) is 6.61 Å². The molecule has 14 heavy (non-hydrogen) atoms. The first-order valence-corrected chi connectivity index (χ1v) is 5.78. The van der Waals surface area contributed by atoms with Crippen LogP contribution in [0.5, 0.6) is 0 Å². The molecular weight excluding hydrogens is 176 g/mol. The Morgan fingerprint density at radius 3 is 2.64 bits per heavy atom. The number of hydrogen-bond acceptors (Lipinski definition) is 2. The molecule has 0 aliphatic carbocycles. The first-order chi connectivity index (χ1) is 6.46. The van der Waals surface area contributed by atoms with Gasteiger partial charge in [-0.15, -0.1) is 0 Å². The normalized spacial score (nSPS) is 34.1. The van der Waals surface area contributed by atoms with Gasteiger partial charge in [-0.2, -0.15) is 0 Å². The molecule has 0 bridgehead atoms. The minimum atomic E-state index is -0.390. The van der Waals surface area contributed by atoms with Gasteiger partial charge in [0.25, 0.3) is 0 Å². The van der Waals surface area contributed by atoms with Gasteiger partial charge in [0.15, 0.2) is 5.79 Å². The van der Waals surface area contributed by atoms with Crippen molar-refractivity contribution < 1.29 is 9.47 Å². The summed E-state index contributed by atoms with van der Waals surface area (Å²) in [6, 6.07) is 0. The highest BCUT2D eigenvalue weighted by atomic mass is 16.7. The van der Waals surface area contributed by atoms with E-state index in [9.17, 15) is 0 Å². The van der Waals surface area contributed by atoms with E-state index in [0.29, 0.717) is 17.9 Å². The SMILES string of the molecule is CCC[C@H](C)[C@H]1OC(C)(C)OC[C@@H]1C. The van der Waals surface area contributed by atoms with Crippen LogP contribution in [0.4, 0.5) is 0 Å². The molecule has 2 heteroatoms. The van der Waals surface area contributed by atoms with E-state index >= 15 is 0 Å². The lowest BCUT2D eigenvalue weighted by atomic mass is 9.89. The summed E-state index contributed by atoms with van der Waals surface area (Å²) in [4.78, 5) is 0. The first-order valence-electron chi connectivity index (χ1n) is 5.78. The van der Waals surface area contributed by atoms with Crippen LogP contribution in [0.3, 0.4) is 0 Å². The zero-order valence-electron chi connectivity index (χ0n) is 10.2. The van der Waals surface area contributed by atoms with Gasteiger partial charge in [0.05, 0.1) is 12.7 Å². The average Bonchev–Trinajstić information content (AvgIpc) is 2.10. The molecule has 1 rings (SSSR count). The van der Waals surface area contributed by atoms with E-state index < -0.39 is 0 Å². The lowest BCUT2D eigenvalue weighted by Gasteiger charge is -2.42. The largest absolute Gasteiger partial charge is 0.350 e. The van der Waals surface area contributed by atoms with Crippen molar-refractivity contribution in [1.82, 2.24) is 0 Å². The molecule has 0 radical (unpaired) electrons. The molecule has 0 amide bonds. The maximum atomic E-state index is 5.98. The number of hydrogen-bond donors (Lipinski definition) is 0. The van der Waals surface area contributed by atoms with Crippen molar-refractivity contribution in [1.29, 1.82) is 0 Å². The third-order valence-corrected chi connectivity index (χ3v) is 2.98. The van der Waals surface area contributed by atoms with E-state index in [1.165, 1.54) is 12.8 Å². The molecule has 2 nitrogen and oxygen atoms in total. The number of rotatable bonds is 3. The van der Waals surface area contributed by atoms with E-state index in [2.05, 4.69) is 20.8 Å². The van der Waals surface area contributed by atoms with E-state index in [4.69, 9.17) is 9.47 Å². The van der Waals surface area contributed by atoms with Crippen LogP contribution in [0.2, 0.25) is 0 Å². The molecule has 84 valence electrons. The second-order valence-corrected chi connectivity index (χ2v) is 5.04. The molecule has 0 saturated carbocycles. The summed E-state index contributed by atoms with van der Waals surface area (Å²) in [5, 5.41) is 0. The molecular formula is C12H24O2. The van der Waals surface area contributed by atoms with Crippen molar-refractivity contribution >= 4 is 0 Å². The van der Waals surface area contributed by atoms with Crippen LogP contribution in [0.1, 0.15) is 47.5 Å². The van der Waals surface area contributed by atoms with E-state index in [1.54, 1.807) is 0 Å². The van der Waals surface area contributed by atoms with Crippen LogP contribution in [-0.2, 0) is 9.47 Å². The predicted octanol–water partition coefficient (Wildman–Crippen LogP) is 3.21. The van der Waals surface area contributed by atoms with E-state index in [-0.39, 0.29) is 5.79 Å². The molecule has 1 saturated heterocycles. The lowest BCUT2D eigenvalue weighted by Crippen LogP contribution is -2.47. The highest BCUT2D eigenvalue weighted by molar-refractivity contribution is 4.78. The van der Waals surface area contributed by atoms with Crippen molar-refractivity contribution in [3.8, 4) is 0 Å². The van der Waals surface area contributed by atoms with Crippen LogP contribution < -0.4 is 0 Å². The smallest absolute Gasteiger partial charge is 0.163 e. The highest BCUT2D eigenvalue weighted by Crippen LogP contribution is 2.31. The minimum absolute atomic E-state index is 0.360. The van der Waals surface area contributed by atoms with Crippen molar-refractivity contribution in [2.24, 2.45) is 11.8 Å². The summed E-state index contributed by atoms with van der Waals surface area (Å²) in [7, 11) is 0. The Morgan fingerprint density at radius 1 is 1.43 bits per heavy atom. The first kappa shape index (κ1) is 12.0. The molecule has 1 aliphatic heterocycles. The topological polar surface area (TPSA) is 18.5 Å². The summed E-state index contributed by atoms with van der Waals surface area (Å²) in [5.74, 6) is 0.766. The Hall–Kier alpha value is -0.0800. The van der Waals surface area contributed by atoms with Crippen LogP contribution in [-0.4, -0.2) is 18.5 Å². The van der Waals surface area contributed by atoms with Gasteiger partial charge < -0.3 is 9.47 Å².